The predicted octanol–water partition coefficient (Wildman–Crippen LogP) is 2.36. The summed E-state index contributed by atoms with van der Waals surface area (Å²) in [6.07, 6.45) is 6.36. The van der Waals surface area contributed by atoms with Gasteiger partial charge in [0, 0.05) is 5.41 Å². The van der Waals surface area contributed by atoms with Crippen molar-refractivity contribution in [2.45, 2.75) is 64.8 Å². The fourth-order valence-electron chi connectivity index (χ4n) is 5.73. The summed E-state index contributed by atoms with van der Waals surface area (Å²) in [6, 6.07) is -1.05. The smallest absolute Gasteiger partial charge is 0.326 e. The molecule has 0 spiro atoms. The fourth-order valence-corrected chi connectivity index (χ4v) is 5.73. The summed E-state index contributed by atoms with van der Waals surface area (Å²) < 4.78 is 4.90. The highest BCUT2D eigenvalue weighted by Crippen LogP contribution is 2.60. The molecular formula is C19H29NO5. The predicted molar refractivity (Wildman–Crippen MR) is 90.6 cm³/mol. The normalized spacial score (nSPS) is 35.0. The molecule has 4 aliphatic rings. The van der Waals surface area contributed by atoms with Gasteiger partial charge >= 0.3 is 11.9 Å². The second-order valence-electron chi connectivity index (χ2n) is 8.47. The molecule has 6 heteroatoms. The van der Waals surface area contributed by atoms with Gasteiger partial charge in [0.1, 0.15) is 6.04 Å². The summed E-state index contributed by atoms with van der Waals surface area (Å²) in [4.78, 5) is 36.4. The molecule has 4 rings (SSSR count). The van der Waals surface area contributed by atoms with Gasteiger partial charge < -0.3 is 15.2 Å². The molecule has 25 heavy (non-hydrogen) atoms. The van der Waals surface area contributed by atoms with Gasteiger partial charge in [-0.1, -0.05) is 6.92 Å². The number of carbonyl (C=O) groups excluding carboxylic acids is 2. The van der Waals surface area contributed by atoms with Crippen molar-refractivity contribution in [3.63, 3.8) is 0 Å². The SMILES string of the molecule is CCOC(=O)C[C@@H](C)[C@H](NC(=O)C12CC3CC(CC(C3)C1)C2)C(=O)O. The second-order valence-corrected chi connectivity index (χ2v) is 8.47. The summed E-state index contributed by atoms with van der Waals surface area (Å²) in [5, 5.41) is 12.3. The minimum absolute atomic E-state index is 0.00797. The first-order chi connectivity index (χ1) is 11.8. The molecule has 4 bridgehead atoms. The molecule has 2 atom stereocenters. The van der Waals surface area contributed by atoms with Gasteiger partial charge in [-0.3, -0.25) is 9.59 Å². The monoisotopic (exact) mass is 351 g/mol. The largest absolute Gasteiger partial charge is 0.480 e. The van der Waals surface area contributed by atoms with Crippen LogP contribution in [0.15, 0.2) is 0 Å². The minimum atomic E-state index is -1.09. The second kappa shape index (κ2) is 6.96. The van der Waals surface area contributed by atoms with E-state index >= 15 is 0 Å². The van der Waals surface area contributed by atoms with Crippen molar-refractivity contribution >= 4 is 17.8 Å². The van der Waals surface area contributed by atoms with E-state index in [1.165, 1.54) is 19.3 Å². The Kier molecular flexibility index (Phi) is 5.07. The number of hydrogen-bond acceptors (Lipinski definition) is 4. The Labute approximate surface area is 148 Å². The fraction of sp³-hybridized carbons (Fsp3) is 0.842. The minimum Gasteiger partial charge on any atom is -0.480 e. The Hall–Kier alpha value is -1.59. The molecule has 4 saturated carbocycles. The van der Waals surface area contributed by atoms with Crippen molar-refractivity contribution in [3.8, 4) is 0 Å². The van der Waals surface area contributed by atoms with E-state index in [-0.39, 0.29) is 24.3 Å². The van der Waals surface area contributed by atoms with Gasteiger partial charge in [-0.15, -0.1) is 0 Å². The van der Waals surface area contributed by atoms with E-state index in [0.29, 0.717) is 17.8 Å². The lowest BCUT2D eigenvalue weighted by Gasteiger charge is -2.55. The Bertz CT molecular complexity index is 523. The Morgan fingerprint density at radius 2 is 1.64 bits per heavy atom. The number of rotatable bonds is 7. The van der Waals surface area contributed by atoms with E-state index in [2.05, 4.69) is 5.32 Å². The zero-order valence-electron chi connectivity index (χ0n) is 15.1. The zero-order chi connectivity index (χ0) is 18.2. The van der Waals surface area contributed by atoms with Crippen LogP contribution in [0.2, 0.25) is 0 Å². The number of aliphatic carboxylic acids is 1. The third-order valence-electron chi connectivity index (χ3n) is 6.44. The van der Waals surface area contributed by atoms with E-state index in [9.17, 15) is 19.5 Å². The Morgan fingerprint density at radius 3 is 2.08 bits per heavy atom. The third kappa shape index (κ3) is 3.67. The van der Waals surface area contributed by atoms with Crippen LogP contribution < -0.4 is 5.32 Å². The quantitative estimate of drug-likeness (QED) is 0.687. The van der Waals surface area contributed by atoms with Crippen molar-refractivity contribution in [1.29, 1.82) is 0 Å². The van der Waals surface area contributed by atoms with Gasteiger partial charge in [0.2, 0.25) is 5.91 Å². The molecule has 0 aromatic heterocycles. The van der Waals surface area contributed by atoms with Crippen LogP contribution in [0, 0.1) is 29.1 Å². The van der Waals surface area contributed by atoms with Gasteiger partial charge in [-0.25, -0.2) is 4.79 Å². The van der Waals surface area contributed by atoms with Gasteiger partial charge in [0.15, 0.2) is 0 Å². The zero-order valence-corrected chi connectivity index (χ0v) is 15.1. The topological polar surface area (TPSA) is 92.7 Å². The molecule has 1 amide bonds. The number of hydrogen-bond donors (Lipinski definition) is 2. The van der Waals surface area contributed by atoms with Crippen molar-refractivity contribution < 1.29 is 24.2 Å². The average Bonchev–Trinajstić information content (AvgIpc) is 2.50. The summed E-state index contributed by atoms with van der Waals surface area (Å²) in [5.41, 5.74) is -0.383. The summed E-state index contributed by atoms with van der Waals surface area (Å²) in [5.74, 6) is -0.268. The van der Waals surface area contributed by atoms with Crippen molar-refractivity contribution in [1.82, 2.24) is 5.32 Å². The molecule has 4 aliphatic carbocycles. The lowest BCUT2D eigenvalue weighted by Crippen LogP contribution is -2.57. The molecule has 0 aromatic rings. The summed E-state index contributed by atoms with van der Waals surface area (Å²) in [6.45, 7) is 3.66. The van der Waals surface area contributed by atoms with Gasteiger partial charge in [0.25, 0.3) is 0 Å². The number of esters is 1. The van der Waals surface area contributed by atoms with Crippen molar-refractivity contribution in [2.24, 2.45) is 29.1 Å². The molecule has 0 radical (unpaired) electrons. The van der Waals surface area contributed by atoms with Crippen LogP contribution in [0.3, 0.4) is 0 Å². The number of carbonyl (C=O) groups is 3. The van der Waals surface area contributed by atoms with Crippen molar-refractivity contribution in [2.75, 3.05) is 6.61 Å². The first-order valence-electron chi connectivity index (χ1n) is 9.52. The van der Waals surface area contributed by atoms with E-state index in [0.717, 1.165) is 19.3 Å². The molecule has 0 unspecified atom stereocenters. The summed E-state index contributed by atoms with van der Waals surface area (Å²) >= 11 is 0. The molecule has 0 aliphatic heterocycles. The maximum Gasteiger partial charge on any atom is 0.326 e. The van der Waals surface area contributed by atoms with Crippen LogP contribution in [0.4, 0.5) is 0 Å². The highest BCUT2D eigenvalue weighted by molar-refractivity contribution is 5.88. The van der Waals surface area contributed by atoms with Crippen LogP contribution in [0.25, 0.3) is 0 Å². The van der Waals surface area contributed by atoms with Crippen LogP contribution >= 0.6 is 0 Å². The number of amides is 1. The Balaban J connectivity index is 1.67. The van der Waals surface area contributed by atoms with E-state index in [1.54, 1.807) is 13.8 Å². The number of ether oxygens (including phenoxy) is 1. The number of carboxylic acids is 1. The third-order valence-corrected chi connectivity index (χ3v) is 6.44. The van der Waals surface area contributed by atoms with E-state index < -0.39 is 23.9 Å². The molecule has 6 nitrogen and oxygen atoms in total. The van der Waals surface area contributed by atoms with Crippen LogP contribution in [0.1, 0.15) is 58.8 Å². The van der Waals surface area contributed by atoms with Crippen LogP contribution in [0.5, 0.6) is 0 Å². The van der Waals surface area contributed by atoms with Gasteiger partial charge in [0.05, 0.1) is 13.0 Å². The molecule has 4 fully saturated rings. The molecule has 2 N–H and O–H groups in total. The van der Waals surface area contributed by atoms with E-state index in [4.69, 9.17) is 4.74 Å². The highest BCUT2D eigenvalue weighted by atomic mass is 16.5. The standard InChI is InChI=1S/C19H29NO5/c1-3-25-15(21)4-11(2)16(17(22)23)20-18(24)19-8-12-5-13(9-19)7-14(6-12)10-19/h11-14,16H,3-10H2,1-2H3,(H,20,24)(H,22,23)/t11-,12?,13?,14?,16+,19?/m1/s1. The number of nitrogens with one attached hydrogen (secondary N) is 1. The molecular weight excluding hydrogens is 322 g/mol. The van der Waals surface area contributed by atoms with Gasteiger partial charge in [-0.2, -0.15) is 0 Å². The highest BCUT2D eigenvalue weighted by Gasteiger charge is 2.55. The van der Waals surface area contributed by atoms with Crippen LogP contribution in [-0.4, -0.2) is 35.6 Å². The first-order valence-corrected chi connectivity index (χ1v) is 9.52. The number of carboxylic acid groups (broad SMARTS) is 1. The Morgan fingerprint density at radius 1 is 1.12 bits per heavy atom. The van der Waals surface area contributed by atoms with E-state index in [1.807, 2.05) is 0 Å². The molecule has 0 heterocycles. The molecule has 140 valence electrons. The lowest BCUT2D eigenvalue weighted by molar-refractivity contribution is -0.154. The lowest BCUT2D eigenvalue weighted by atomic mass is 9.49. The summed E-state index contributed by atoms with van der Waals surface area (Å²) in [7, 11) is 0. The molecule has 0 saturated heterocycles. The molecule has 0 aromatic carbocycles. The average molecular weight is 351 g/mol. The van der Waals surface area contributed by atoms with Crippen LogP contribution in [-0.2, 0) is 19.1 Å². The maximum atomic E-state index is 13.0. The van der Waals surface area contributed by atoms with Crippen molar-refractivity contribution in [3.05, 3.63) is 0 Å². The first kappa shape index (κ1) is 18.2. The maximum absolute atomic E-state index is 13.0. The van der Waals surface area contributed by atoms with Gasteiger partial charge in [-0.05, 0) is 69.1 Å².